The highest BCUT2D eigenvalue weighted by Gasteiger charge is 2.31. The van der Waals surface area contributed by atoms with E-state index in [1.54, 1.807) is 47.0 Å². The van der Waals surface area contributed by atoms with Crippen LogP contribution >= 0.6 is 11.8 Å². The van der Waals surface area contributed by atoms with E-state index in [0.717, 1.165) is 11.3 Å². The van der Waals surface area contributed by atoms with E-state index in [4.69, 9.17) is 0 Å². The van der Waals surface area contributed by atoms with Gasteiger partial charge in [-0.3, -0.25) is 14.9 Å². The van der Waals surface area contributed by atoms with E-state index in [2.05, 4.69) is 15.5 Å². The van der Waals surface area contributed by atoms with E-state index in [0.29, 0.717) is 17.8 Å². The Morgan fingerprint density at radius 3 is 2.74 bits per heavy atom. The molecule has 9 nitrogen and oxygen atoms in total. The molecule has 1 saturated heterocycles. The summed E-state index contributed by atoms with van der Waals surface area (Å²) in [5.74, 6) is 0.707. The molecule has 1 atom stereocenters. The summed E-state index contributed by atoms with van der Waals surface area (Å²) in [6, 6.07) is 13.5. The van der Waals surface area contributed by atoms with Gasteiger partial charge in [-0.25, -0.2) is 4.68 Å². The molecule has 27 heavy (non-hydrogen) atoms. The van der Waals surface area contributed by atoms with Gasteiger partial charge in [0.05, 0.1) is 10.6 Å². The molecule has 1 aliphatic heterocycles. The Bertz CT molecular complexity index is 977. The number of nitro groups is 1. The van der Waals surface area contributed by atoms with Gasteiger partial charge < -0.3 is 4.90 Å². The van der Waals surface area contributed by atoms with E-state index in [1.807, 2.05) is 6.07 Å². The zero-order valence-corrected chi connectivity index (χ0v) is 14.8. The van der Waals surface area contributed by atoms with Gasteiger partial charge in [0.25, 0.3) is 11.6 Å². The predicted octanol–water partition coefficient (Wildman–Crippen LogP) is 2.46. The molecule has 2 heterocycles. The highest BCUT2D eigenvalue weighted by molar-refractivity contribution is 7.99. The quantitative estimate of drug-likeness (QED) is 0.504. The summed E-state index contributed by atoms with van der Waals surface area (Å²) in [6.45, 7) is 0.611. The Hall–Kier alpha value is -3.27. The number of amides is 1. The highest BCUT2D eigenvalue weighted by atomic mass is 32.2. The van der Waals surface area contributed by atoms with Gasteiger partial charge in [0.15, 0.2) is 0 Å². The number of hydrogen-bond donors (Lipinski definition) is 0. The maximum atomic E-state index is 13.1. The smallest absolute Gasteiger partial charge is 0.269 e. The molecule has 0 N–H and O–H groups in total. The molecule has 0 spiro atoms. The van der Waals surface area contributed by atoms with E-state index in [9.17, 15) is 14.9 Å². The second kappa shape index (κ2) is 7.16. The lowest BCUT2D eigenvalue weighted by Crippen LogP contribution is -2.30. The Morgan fingerprint density at radius 1 is 1.22 bits per heavy atom. The van der Waals surface area contributed by atoms with Gasteiger partial charge in [0.2, 0.25) is 0 Å². The second-order valence-electron chi connectivity index (χ2n) is 5.88. The minimum Gasteiger partial charge on any atom is -0.322 e. The molecule has 4 rings (SSSR count). The Balaban J connectivity index is 1.59. The Kier molecular flexibility index (Phi) is 4.55. The van der Waals surface area contributed by atoms with Gasteiger partial charge in [-0.05, 0) is 46.3 Å². The summed E-state index contributed by atoms with van der Waals surface area (Å²) in [5, 5.41) is 21.7. The number of non-ortho nitro benzene ring substituents is 1. The number of carbonyl (C=O) groups excluding carboxylic acids is 1. The Morgan fingerprint density at radius 2 is 2.04 bits per heavy atom. The standard InChI is InChI=1S/C17H14N6O3S/c24-16(13-2-1-3-15(10-13)22-11-18-19-20-22)21-8-9-27-17(21)12-4-6-14(7-5-12)23(25)26/h1-7,10-11,17H,8-9H2. The van der Waals surface area contributed by atoms with Gasteiger partial charge in [0, 0.05) is 30.0 Å². The zero-order valence-electron chi connectivity index (χ0n) is 14.0. The van der Waals surface area contributed by atoms with Gasteiger partial charge in [-0.15, -0.1) is 16.9 Å². The largest absolute Gasteiger partial charge is 0.322 e. The van der Waals surface area contributed by atoms with Crippen molar-refractivity contribution in [2.45, 2.75) is 5.37 Å². The van der Waals surface area contributed by atoms with Crippen LogP contribution in [0.1, 0.15) is 21.3 Å². The van der Waals surface area contributed by atoms with Crippen molar-refractivity contribution in [1.29, 1.82) is 0 Å². The molecular weight excluding hydrogens is 368 g/mol. The number of hydrogen-bond acceptors (Lipinski definition) is 7. The van der Waals surface area contributed by atoms with Crippen molar-refractivity contribution in [3.63, 3.8) is 0 Å². The molecule has 1 aliphatic rings. The first kappa shape index (κ1) is 17.2. The molecule has 1 fully saturated rings. The summed E-state index contributed by atoms with van der Waals surface area (Å²) in [6.07, 6.45) is 1.47. The number of tetrazole rings is 1. The van der Waals surface area contributed by atoms with Gasteiger partial charge in [-0.1, -0.05) is 6.07 Å². The van der Waals surface area contributed by atoms with E-state index < -0.39 is 4.92 Å². The topological polar surface area (TPSA) is 107 Å². The minimum absolute atomic E-state index is 0.0359. The lowest BCUT2D eigenvalue weighted by molar-refractivity contribution is -0.384. The van der Waals surface area contributed by atoms with Gasteiger partial charge >= 0.3 is 0 Å². The van der Waals surface area contributed by atoms with E-state index in [-0.39, 0.29) is 17.0 Å². The second-order valence-corrected chi connectivity index (χ2v) is 7.06. The minimum atomic E-state index is -0.432. The number of rotatable bonds is 4. The van der Waals surface area contributed by atoms with Crippen molar-refractivity contribution < 1.29 is 9.72 Å². The van der Waals surface area contributed by atoms with Gasteiger partial charge in [-0.2, -0.15) is 0 Å². The van der Waals surface area contributed by atoms with Crippen LogP contribution in [0.5, 0.6) is 0 Å². The third-order valence-electron chi connectivity index (χ3n) is 4.25. The molecule has 1 amide bonds. The van der Waals surface area contributed by atoms with Crippen LogP contribution in [-0.4, -0.2) is 48.2 Å². The summed E-state index contributed by atoms with van der Waals surface area (Å²) in [7, 11) is 0. The van der Waals surface area contributed by atoms with Crippen molar-refractivity contribution in [1.82, 2.24) is 25.1 Å². The van der Waals surface area contributed by atoms with Crippen molar-refractivity contribution in [3.8, 4) is 5.69 Å². The van der Waals surface area contributed by atoms with Gasteiger partial charge in [0.1, 0.15) is 11.7 Å². The molecule has 0 bridgehead atoms. The molecule has 1 aromatic heterocycles. The summed E-state index contributed by atoms with van der Waals surface area (Å²) < 4.78 is 1.49. The van der Waals surface area contributed by atoms with E-state index >= 15 is 0 Å². The molecular formula is C17H14N6O3S. The predicted molar refractivity (Wildman–Crippen MR) is 98.5 cm³/mol. The van der Waals surface area contributed by atoms with Crippen LogP contribution in [0.2, 0.25) is 0 Å². The monoisotopic (exact) mass is 382 g/mol. The normalized spacial score (nSPS) is 16.4. The number of aromatic nitrogens is 4. The number of benzene rings is 2. The SMILES string of the molecule is O=C(c1cccc(-n2cnnn2)c1)N1CCSC1c1ccc([N+](=O)[O-])cc1. The molecule has 1 unspecified atom stereocenters. The number of thioether (sulfide) groups is 1. The van der Waals surface area contributed by atoms with Crippen LogP contribution in [0.3, 0.4) is 0 Å². The molecule has 10 heteroatoms. The fourth-order valence-electron chi connectivity index (χ4n) is 2.94. The molecule has 2 aromatic carbocycles. The van der Waals surface area contributed by atoms with Crippen LogP contribution in [0.25, 0.3) is 5.69 Å². The average molecular weight is 382 g/mol. The van der Waals surface area contributed by atoms with Crippen molar-refractivity contribution in [3.05, 3.63) is 76.1 Å². The number of nitrogens with zero attached hydrogens (tertiary/aromatic N) is 6. The van der Waals surface area contributed by atoms with Crippen LogP contribution in [0.15, 0.2) is 54.9 Å². The van der Waals surface area contributed by atoms with Crippen LogP contribution in [-0.2, 0) is 0 Å². The highest BCUT2D eigenvalue weighted by Crippen LogP contribution is 2.39. The van der Waals surface area contributed by atoms with Crippen molar-refractivity contribution in [2.24, 2.45) is 0 Å². The fourth-order valence-corrected chi connectivity index (χ4v) is 4.20. The van der Waals surface area contributed by atoms with Crippen LogP contribution < -0.4 is 0 Å². The van der Waals surface area contributed by atoms with E-state index in [1.165, 1.54) is 23.1 Å². The lowest BCUT2D eigenvalue weighted by atomic mass is 10.1. The molecule has 136 valence electrons. The molecule has 3 aromatic rings. The Labute approximate surface area is 158 Å². The summed E-state index contributed by atoms with van der Waals surface area (Å²) in [4.78, 5) is 25.3. The number of nitro benzene ring substituents is 1. The summed E-state index contributed by atoms with van der Waals surface area (Å²) >= 11 is 1.64. The molecule has 0 saturated carbocycles. The van der Waals surface area contributed by atoms with Crippen LogP contribution in [0.4, 0.5) is 5.69 Å². The first-order valence-corrected chi connectivity index (χ1v) is 9.19. The van der Waals surface area contributed by atoms with Crippen molar-refractivity contribution >= 4 is 23.4 Å². The maximum Gasteiger partial charge on any atom is 0.269 e. The zero-order chi connectivity index (χ0) is 18.8. The van der Waals surface area contributed by atoms with Crippen LogP contribution in [0, 0.1) is 10.1 Å². The first-order chi connectivity index (χ1) is 13.1. The molecule has 0 radical (unpaired) electrons. The lowest BCUT2D eigenvalue weighted by Gasteiger charge is -2.24. The maximum absolute atomic E-state index is 13.1. The third kappa shape index (κ3) is 3.38. The average Bonchev–Trinajstić information content (AvgIpc) is 3.39. The third-order valence-corrected chi connectivity index (χ3v) is 5.51. The summed E-state index contributed by atoms with van der Waals surface area (Å²) in [5.41, 5.74) is 2.14. The number of carbonyl (C=O) groups is 1. The molecule has 0 aliphatic carbocycles. The first-order valence-electron chi connectivity index (χ1n) is 8.14. The fraction of sp³-hybridized carbons (Fsp3) is 0.176. The van der Waals surface area contributed by atoms with Crippen molar-refractivity contribution in [2.75, 3.05) is 12.3 Å².